The Labute approximate surface area is 447 Å². The number of Topliss-reactive ketones (excluding diaryl/α,β-unsaturated/α-hetero) is 3. The van der Waals surface area contributed by atoms with E-state index in [1.54, 1.807) is 13.0 Å². The van der Waals surface area contributed by atoms with Gasteiger partial charge < -0.3 is 19.0 Å². The van der Waals surface area contributed by atoms with Gasteiger partial charge in [0.15, 0.2) is 52.0 Å². The van der Waals surface area contributed by atoms with E-state index in [2.05, 4.69) is 20.8 Å². The lowest BCUT2D eigenvalue weighted by atomic mass is 9.69. The lowest BCUT2D eigenvalue weighted by Crippen LogP contribution is -2.29. The fraction of sp³-hybridized carbons (Fsp3) is 0.519. The van der Waals surface area contributed by atoms with Crippen LogP contribution in [0.5, 0.6) is 17.2 Å². The Morgan fingerprint density at radius 3 is 1.49 bits per heavy atom. The minimum Gasteiger partial charge on any atom is -0.492 e. The van der Waals surface area contributed by atoms with Gasteiger partial charge in [-0.3, -0.25) is 23.5 Å². The maximum absolute atomic E-state index is 14.2. The Morgan fingerprint density at radius 2 is 1.07 bits per heavy atom. The summed E-state index contributed by atoms with van der Waals surface area (Å²) in [6, 6.07) is 3.97. The number of unbranched alkanes of at least 4 members (excludes halogenated alkanes) is 3. The zero-order valence-corrected chi connectivity index (χ0v) is 46.4. The molecule has 0 saturated heterocycles. The van der Waals surface area contributed by atoms with Crippen LogP contribution in [0.3, 0.4) is 0 Å². The first-order chi connectivity index (χ1) is 34.2. The summed E-state index contributed by atoms with van der Waals surface area (Å²) in [7, 11) is -0.515. The lowest BCUT2D eigenvalue weighted by molar-refractivity contribution is -0.117. The van der Waals surface area contributed by atoms with Crippen LogP contribution in [-0.4, -0.2) is 62.0 Å². The van der Waals surface area contributed by atoms with Crippen molar-refractivity contribution in [3.05, 3.63) is 101 Å². The molecule has 2 N–H and O–H groups in total. The van der Waals surface area contributed by atoms with Gasteiger partial charge in [-0.05, 0) is 124 Å². The predicted octanol–water partition coefficient (Wildman–Crippen LogP) is 15.0. The third-order valence-corrected chi connectivity index (χ3v) is 15.6. The topological polar surface area (TPSA) is 171 Å². The monoisotopic (exact) mass is 1120 g/mol. The summed E-state index contributed by atoms with van der Waals surface area (Å²) in [6.45, 7) is 9.61. The maximum Gasteiger partial charge on any atom is 0.394 e. The molecule has 19 heteroatoms. The van der Waals surface area contributed by atoms with Crippen molar-refractivity contribution in [1.29, 1.82) is 0 Å². The predicted molar refractivity (Wildman–Crippen MR) is 280 cm³/mol. The number of rotatable bonds is 17. The van der Waals surface area contributed by atoms with Crippen LogP contribution in [0, 0.1) is 33.7 Å². The quantitative estimate of drug-likeness (QED) is 0.123. The molecule has 73 heavy (non-hydrogen) atoms. The standard InChI is InChI=1S/C18H21Cl2FO2.C18H22ClFO3.C18H20ClFO2.H2O4S/c1-4-5-7-18(8-6-11(2)19)10-13-12(17(18)22)9-14(21)16(23-3)15(13)20;1-4-5-7-18(8-6-11(2)21)10-13-12(17(18)22)9-14(20)16(23-3)15(13)19;1-3-4-6-18-7-5-11(21)8-14(18)12-9-15(20)17(22-2)16(19)13(12)10-18;1-5(2,3)4/h6,9H,4-5,7-8,10H2,1-3H3;9H,4-8,10H2,1-3H3;8-9H,3-7,10H2,1-2H3;(H2,1,2,3,4)/t3*18-;/m000./s1. The highest BCUT2D eigenvalue weighted by atomic mass is 35.5. The zero-order valence-electron chi connectivity index (χ0n) is 42.5. The summed E-state index contributed by atoms with van der Waals surface area (Å²) in [5.41, 5.74) is 3.47. The zero-order chi connectivity index (χ0) is 54.8. The van der Waals surface area contributed by atoms with Gasteiger partial charge in [-0.25, -0.2) is 13.2 Å². The van der Waals surface area contributed by atoms with Crippen LogP contribution in [0.15, 0.2) is 35.4 Å². The van der Waals surface area contributed by atoms with Gasteiger partial charge >= 0.3 is 10.4 Å². The third kappa shape index (κ3) is 14.3. The Balaban J connectivity index is 0.000000226. The number of methoxy groups -OCH3 is 3. The van der Waals surface area contributed by atoms with Crippen molar-refractivity contribution in [1.82, 2.24) is 0 Å². The molecule has 0 fully saturated rings. The number of allylic oxidation sites excluding steroid dienone is 4. The van der Waals surface area contributed by atoms with Crippen LogP contribution in [0.2, 0.25) is 15.1 Å². The second kappa shape index (κ2) is 26.2. The van der Waals surface area contributed by atoms with Gasteiger partial charge in [-0.1, -0.05) is 112 Å². The molecule has 3 aromatic carbocycles. The fourth-order valence-electron chi connectivity index (χ4n) is 10.5. The van der Waals surface area contributed by atoms with Crippen molar-refractivity contribution in [3.63, 3.8) is 0 Å². The Morgan fingerprint density at radius 1 is 0.671 bits per heavy atom. The van der Waals surface area contributed by atoms with Crippen LogP contribution in [0.4, 0.5) is 13.2 Å². The van der Waals surface area contributed by atoms with Gasteiger partial charge in [0.2, 0.25) is 0 Å². The van der Waals surface area contributed by atoms with Gasteiger partial charge in [0.05, 0.1) is 36.4 Å². The number of carbonyl (C=O) groups excluding carboxylic acids is 4. The number of ether oxygens (including phenoxy) is 3. The van der Waals surface area contributed by atoms with Crippen molar-refractivity contribution in [2.75, 3.05) is 21.3 Å². The van der Waals surface area contributed by atoms with Crippen LogP contribution in [-0.2, 0) is 39.3 Å². The summed E-state index contributed by atoms with van der Waals surface area (Å²) in [5.74, 6) is -1.54. The van der Waals surface area contributed by atoms with Crippen LogP contribution in [0.25, 0.3) is 5.57 Å². The number of halogens is 7. The van der Waals surface area contributed by atoms with Gasteiger partial charge in [0, 0.05) is 45.2 Å². The van der Waals surface area contributed by atoms with E-state index in [1.165, 1.54) is 46.5 Å². The highest BCUT2D eigenvalue weighted by molar-refractivity contribution is 7.79. The average molecular weight is 1120 g/mol. The molecule has 4 aliphatic rings. The Kier molecular flexibility index (Phi) is 22.1. The summed E-state index contributed by atoms with van der Waals surface area (Å²) >= 11 is 24.9. The van der Waals surface area contributed by atoms with E-state index in [9.17, 15) is 32.3 Å². The highest BCUT2D eigenvalue weighted by Crippen LogP contribution is 2.57. The molecule has 7 rings (SSSR count). The molecule has 0 radical (unpaired) electrons. The average Bonchev–Trinajstić information content (AvgIpc) is 3.90. The molecule has 0 aliphatic heterocycles. The molecule has 0 amide bonds. The smallest absolute Gasteiger partial charge is 0.394 e. The van der Waals surface area contributed by atoms with Crippen molar-refractivity contribution in [3.8, 4) is 17.2 Å². The Bertz CT molecular complexity index is 2750. The molecule has 4 aliphatic carbocycles. The van der Waals surface area contributed by atoms with Gasteiger partial charge in [0.25, 0.3) is 0 Å². The van der Waals surface area contributed by atoms with E-state index >= 15 is 0 Å². The normalized spacial score (nSPS) is 20.5. The van der Waals surface area contributed by atoms with Gasteiger partial charge in [0.1, 0.15) is 5.78 Å². The summed E-state index contributed by atoms with van der Waals surface area (Å²) in [4.78, 5) is 49.3. The van der Waals surface area contributed by atoms with E-state index in [4.69, 9.17) is 78.1 Å². The van der Waals surface area contributed by atoms with Crippen molar-refractivity contribution in [2.24, 2.45) is 16.2 Å². The van der Waals surface area contributed by atoms with Crippen LogP contribution in [0.1, 0.15) is 167 Å². The van der Waals surface area contributed by atoms with E-state index < -0.39 is 38.7 Å². The van der Waals surface area contributed by atoms with E-state index in [0.29, 0.717) is 77.3 Å². The third-order valence-electron chi connectivity index (χ3n) is 14.2. The van der Waals surface area contributed by atoms with Crippen molar-refractivity contribution in [2.45, 2.75) is 144 Å². The summed E-state index contributed by atoms with van der Waals surface area (Å²) < 4.78 is 89.1. The fourth-order valence-corrected chi connectivity index (χ4v) is 11.5. The molecule has 11 nitrogen and oxygen atoms in total. The molecular formula is C54H65Cl4F3O11S. The van der Waals surface area contributed by atoms with E-state index in [1.807, 2.05) is 6.08 Å². The first-order valence-electron chi connectivity index (χ1n) is 24.3. The number of benzene rings is 3. The van der Waals surface area contributed by atoms with E-state index in [0.717, 1.165) is 80.9 Å². The second-order valence-corrected chi connectivity index (χ2v) is 21.8. The van der Waals surface area contributed by atoms with Gasteiger partial charge in [-0.2, -0.15) is 8.42 Å². The van der Waals surface area contributed by atoms with Gasteiger partial charge in [-0.15, -0.1) is 0 Å². The molecule has 0 saturated carbocycles. The minimum atomic E-state index is -4.67. The number of fused-ring (bicyclic) bond motifs is 5. The molecular weight excluding hydrogens is 1060 g/mol. The lowest BCUT2D eigenvalue weighted by Gasteiger charge is -2.34. The van der Waals surface area contributed by atoms with E-state index in [-0.39, 0.29) is 55.8 Å². The van der Waals surface area contributed by atoms with Crippen LogP contribution >= 0.6 is 46.4 Å². The number of carbonyl (C=O) groups is 4. The number of ketones is 4. The summed E-state index contributed by atoms with van der Waals surface area (Å²) in [5, 5.41) is 1.40. The SMILES string of the molecule is CCCC[C@@]12CCC(=O)C=C1c1cc(F)c(OC)c(Cl)c1C2.CCCC[C@]1(CC=C(C)Cl)Cc2c(cc(F)c(OC)c2Cl)C1=O.CCCC[C@]1(CCC(C)=O)Cc2c(cc(F)c(OC)c2Cl)C1=O.O=S(=O)(O)O. The second-order valence-electron chi connectivity index (χ2n) is 19.2. The van der Waals surface area contributed by atoms with Crippen LogP contribution < -0.4 is 14.2 Å². The molecule has 0 heterocycles. The molecule has 0 aromatic heterocycles. The molecule has 402 valence electrons. The molecule has 0 unspecified atom stereocenters. The minimum absolute atomic E-state index is 0.00794. The molecule has 3 aromatic rings. The molecule has 0 bridgehead atoms. The van der Waals surface area contributed by atoms with Crippen molar-refractivity contribution < 1.29 is 64.1 Å². The number of hydrogen-bond acceptors (Lipinski definition) is 9. The van der Waals surface area contributed by atoms with Crippen molar-refractivity contribution >= 4 is 85.5 Å². The molecule has 3 atom stereocenters. The molecule has 0 spiro atoms. The first-order valence-corrected chi connectivity index (χ1v) is 27.2. The highest BCUT2D eigenvalue weighted by Gasteiger charge is 2.48. The largest absolute Gasteiger partial charge is 0.492 e. The maximum atomic E-state index is 14.2. The summed E-state index contributed by atoms with van der Waals surface area (Å²) in [6.07, 6.45) is 16.4. The Hall–Kier alpha value is -3.96. The number of hydrogen-bond donors (Lipinski definition) is 2. The first kappa shape index (κ1) is 61.6.